The molecule has 0 aliphatic heterocycles. The molecule has 0 bridgehead atoms. The first-order chi connectivity index (χ1) is 7.81. The Hall–Kier alpha value is -2.34. The third-order valence-electron chi connectivity index (χ3n) is 2.36. The van der Waals surface area contributed by atoms with Crippen LogP contribution in [0, 0.1) is 11.3 Å². The number of nitrogens with zero attached hydrogens (tertiary/aromatic N) is 2. The maximum atomic E-state index is 8.60. The molecule has 0 saturated carbocycles. The molecule has 0 atom stereocenters. The van der Waals surface area contributed by atoms with Crippen LogP contribution < -0.4 is 5.73 Å². The number of aromatic nitrogens is 1. The molecular formula is C13H11N3. The van der Waals surface area contributed by atoms with Gasteiger partial charge in [-0.05, 0) is 6.07 Å². The normalized spacial score (nSPS) is 9.69. The predicted molar refractivity (Wildman–Crippen MR) is 63.4 cm³/mol. The fraction of sp³-hybridized carbons (Fsp3) is 0.0769. The van der Waals surface area contributed by atoms with Crippen molar-refractivity contribution < 1.29 is 0 Å². The van der Waals surface area contributed by atoms with Crippen LogP contribution in [0.25, 0.3) is 11.3 Å². The summed E-state index contributed by atoms with van der Waals surface area (Å²) >= 11 is 0. The zero-order valence-electron chi connectivity index (χ0n) is 8.72. The van der Waals surface area contributed by atoms with Crippen molar-refractivity contribution in [3.8, 4) is 17.3 Å². The van der Waals surface area contributed by atoms with Crippen molar-refractivity contribution in [1.29, 1.82) is 5.26 Å². The van der Waals surface area contributed by atoms with Crippen molar-refractivity contribution in [2.24, 2.45) is 0 Å². The first-order valence-corrected chi connectivity index (χ1v) is 4.98. The number of nitriles is 1. The van der Waals surface area contributed by atoms with Gasteiger partial charge < -0.3 is 5.73 Å². The summed E-state index contributed by atoms with van der Waals surface area (Å²) in [4.78, 5) is 4.30. The highest BCUT2D eigenvalue weighted by atomic mass is 14.7. The fourth-order valence-electron chi connectivity index (χ4n) is 1.50. The molecule has 0 amide bonds. The van der Waals surface area contributed by atoms with Crippen LogP contribution in [0.5, 0.6) is 0 Å². The Bertz CT molecular complexity index is 527. The van der Waals surface area contributed by atoms with Gasteiger partial charge >= 0.3 is 0 Å². The van der Waals surface area contributed by atoms with Crippen molar-refractivity contribution in [1.82, 2.24) is 4.98 Å². The van der Waals surface area contributed by atoms with Crippen molar-refractivity contribution in [3.63, 3.8) is 0 Å². The SMILES string of the molecule is N#CCc1cnc(-c2ccccc2)cc1N. The Kier molecular flexibility index (Phi) is 2.84. The monoisotopic (exact) mass is 209 g/mol. The Morgan fingerprint density at radius 3 is 2.62 bits per heavy atom. The molecule has 0 unspecified atom stereocenters. The molecule has 0 radical (unpaired) electrons. The van der Waals surface area contributed by atoms with Crippen LogP contribution in [0.2, 0.25) is 0 Å². The highest BCUT2D eigenvalue weighted by molar-refractivity contribution is 5.64. The van der Waals surface area contributed by atoms with Gasteiger partial charge in [-0.2, -0.15) is 5.26 Å². The first-order valence-electron chi connectivity index (χ1n) is 4.98. The standard InChI is InChI=1S/C13H11N3/c14-7-6-11-9-16-13(8-12(11)15)10-4-2-1-3-5-10/h1-5,8-9H,6H2,(H2,15,16). The average molecular weight is 209 g/mol. The summed E-state index contributed by atoms with van der Waals surface area (Å²) in [6, 6.07) is 13.7. The molecule has 0 aliphatic carbocycles. The zero-order chi connectivity index (χ0) is 11.4. The molecule has 0 spiro atoms. The van der Waals surface area contributed by atoms with E-state index < -0.39 is 0 Å². The predicted octanol–water partition coefficient (Wildman–Crippen LogP) is 2.40. The first kappa shape index (κ1) is 10.2. The molecule has 0 saturated heterocycles. The number of hydrogen-bond acceptors (Lipinski definition) is 3. The summed E-state index contributed by atoms with van der Waals surface area (Å²) in [5.41, 5.74) is 9.11. The van der Waals surface area contributed by atoms with E-state index in [1.807, 2.05) is 36.4 Å². The highest BCUT2D eigenvalue weighted by Gasteiger charge is 2.03. The van der Waals surface area contributed by atoms with E-state index in [0.717, 1.165) is 16.8 Å². The van der Waals surface area contributed by atoms with E-state index in [9.17, 15) is 0 Å². The van der Waals surface area contributed by atoms with Gasteiger partial charge in [0, 0.05) is 23.0 Å². The number of nitrogen functional groups attached to an aromatic ring is 1. The van der Waals surface area contributed by atoms with Gasteiger partial charge in [-0.25, -0.2) is 0 Å². The topological polar surface area (TPSA) is 62.7 Å². The number of rotatable bonds is 2. The average Bonchev–Trinajstić information content (AvgIpc) is 2.33. The summed E-state index contributed by atoms with van der Waals surface area (Å²) in [7, 11) is 0. The highest BCUT2D eigenvalue weighted by Crippen LogP contribution is 2.21. The van der Waals surface area contributed by atoms with Gasteiger partial charge in [-0.15, -0.1) is 0 Å². The molecule has 1 heterocycles. The fourth-order valence-corrected chi connectivity index (χ4v) is 1.50. The minimum atomic E-state index is 0.300. The van der Waals surface area contributed by atoms with Gasteiger partial charge in [0.25, 0.3) is 0 Å². The second kappa shape index (κ2) is 4.45. The molecule has 3 heteroatoms. The molecule has 3 nitrogen and oxygen atoms in total. The van der Waals surface area contributed by atoms with Crippen LogP contribution in [0.15, 0.2) is 42.6 Å². The van der Waals surface area contributed by atoms with Crippen LogP contribution in [0.4, 0.5) is 5.69 Å². The number of benzene rings is 1. The maximum absolute atomic E-state index is 8.60. The van der Waals surface area contributed by atoms with Gasteiger partial charge in [0.1, 0.15) is 0 Å². The Balaban J connectivity index is 2.39. The summed E-state index contributed by atoms with van der Waals surface area (Å²) in [5, 5.41) is 8.60. The molecule has 1 aromatic heterocycles. The van der Waals surface area contributed by atoms with E-state index in [0.29, 0.717) is 12.1 Å². The van der Waals surface area contributed by atoms with Crippen molar-refractivity contribution in [3.05, 3.63) is 48.2 Å². The van der Waals surface area contributed by atoms with E-state index >= 15 is 0 Å². The van der Waals surface area contributed by atoms with E-state index in [4.69, 9.17) is 11.0 Å². The summed E-state index contributed by atoms with van der Waals surface area (Å²) in [6.07, 6.45) is 1.97. The number of nitrogens with two attached hydrogens (primary N) is 1. The molecule has 78 valence electrons. The molecular weight excluding hydrogens is 198 g/mol. The molecule has 1 aromatic carbocycles. The lowest BCUT2D eigenvalue weighted by Gasteiger charge is -2.04. The Labute approximate surface area is 94.2 Å². The van der Waals surface area contributed by atoms with E-state index in [1.54, 1.807) is 6.20 Å². The van der Waals surface area contributed by atoms with Crippen molar-refractivity contribution in [2.45, 2.75) is 6.42 Å². The van der Waals surface area contributed by atoms with Crippen LogP contribution in [0.3, 0.4) is 0 Å². The van der Waals surface area contributed by atoms with Crippen LogP contribution in [-0.4, -0.2) is 4.98 Å². The second-order valence-corrected chi connectivity index (χ2v) is 3.47. The van der Waals surface area contributed by atoms with Crippen LogP contribution in [0.1, 0.15) is 5.56 Å². The lowest BCUT2D eigenvalue weighted by atomic mass is 10.1. The lowest BCUT2D eigenvalue weighted by Crippen LogP contribution is -1.96. The molecule has 2 N–H and O–H groups in total. The van der Waals surface area contributed by atoms with Gasteiger partial charge in [-0.3, -0.25) is 4.98 Å². The third kappa shape index (κ3) is 2.01. The molecule has 16 heavy (non-hydrogen) atoms. The van der Waals surface area contributed by atoms with Crippen molar-refractivity contribution >= 4 is 5.69 Å². The van der Waals surface area contributed by atoms with E-state index in [-0.39, 0.29) is 0 Å². The maximum Gasteiger partial charge on any atom is 0.0722 e. The number of anilines is 1. The minimum absolute atomic E-state index is 0.300. The summed E-state index contributed by atoms with van der Waals surface area (Å²) in [5.74, 6) is 0. The van der Waals surface area contributed by atoms with E-state index in [1.165, 1.54) is 0 Å². The van der Waals surface area contributed by atoms with Gasteiger partial charge in [0.05, 0.1) is 18.2 Å². The third-order valence-corrected chi connectivity index (χ3v) is 2.36. The molecule has 2 aromatic rings. The summed E-state index contributed by atoms with van der Waals surface area (Å²) in [6.45, 7) is 0. The Morgan fingerprint density at radius 1 is 1.25 bits per heavy atom. The van der Waals surface area contributed by atoms with Gasteiger partial charge in [-0.1, -0.05) is 30.3 Å². The van der Waals surface area contributed by atoms with Crippen LogP contribution in [-0.2, 0) is 6.42 Å². The molecule has 0 aliphatic rings. The van der Waals surface area contributed by atoms with E-state index in [2.05, 4.69) is 11.1 Å². The molecule has 0 fully saturated rings. The number of hydrogen-bond donors (Lipinski definition) is 1. The van der Waals surface area contributed by atoms with Gasteiger partial charge in [0.2, 0.25) is 0 Å². The summed E-state index contributed by atoms with van der Waals surface area (Å²) < 4.78 is 0. The van der Waals surface area contributed by atoms with Gasteiger partial charge in [0.15, 0.2) is 0 Å². The van der Waals surface area contributed by atoms with Crippen LogP contribution >= 0.6 is 0 Å². The quantitative estimate of drug-likeness (QED) is 0.826. The smallest absolute Gasteiger partial charge is 0.0722 e. The zero-order valence-corrected chi connectivity index (χ0v) is 8.72. The lowest BCUT2D eigenvalue weighted by molar-refractivity contribution is 1.20. The number of pyridine rings is 1. The Morgan fingerprint density at radius 2 is 2.00 bits per heavy atom. The van der Waals surface area contributed by atoms with Crippen molar-refractivity contribution in [2.75, 3.05) is 5.73 Å². The molecule has 2 rings (SSSR count). The minimum Gasteiger partial charge on any atom is -0.398 e. The largest absolute Gasteiger partial charge is 0.398 e. The second-order valence-electron chi connectivity index (χ2n) is 3.47.